The maximum atomic E-state index is 12.8. The number of hydrogen-bond acceptors (Lipinski definition) is 7. The molecule has 0 unspecified atom stereocenters. The van der Waals surface area contributed by atoms with Crippen LogP contribution in [0, 0.1) is 10.1 Å². The average Bonchev–Trinajstić information content (AvgIpc) is 3.32. The first-order valence-electron chi connectivity index (χ1n) is 10.1. The van der Waals surface area contributed by atoms with Crippen molar-refractivity contribution in [1.82, 2.24) is 10.7 Å². The van der Waals surface area contributed by atoms with Crippen LogP contribution >= 0.6 is 0 Å². The molecule has 0 aromatic heterocycles. The summed E-state index contributed by atoms with van der Waals surface area (Å²) >= 11 is 0. The summed E-state index contributed by atoms with van der Waals surface area (Å²) in [5.41, 5.74) is 3.77. The summed E-state index contributed by atoms with van der Waals surface area (Å²) < 4.78 is 10.7. The third-order valence-corrected chi connectivity index (χ3v) is 4.72. The lowest BCUT2D eigenvalue weighted by Crippen LogP contribution is -2.32. The molecule has 2 N–H and O–H groups in total. The minimum atomic E-state index is -0.667. The third kappa shape index (κ3) is 5.43. The molecule has 10 heteroatoms. The van der Waals surface area contributed by atoms with Crippen LogP contribution in [0.5, 0.6) is 11.5 Å². The number of amides is 2. The first-order chi connectivity index (χ1) is 16.5. The van der Waals surface area contributed by atoms with Crippen molar-refractivity contribution in [3.8, 4) is 11.5 Å². The fraction of sp³-hybridized carbons (Fsp3) is 0.0417. The number of nitro benzene ring substituents is 1. The molecule has 3 aromatic rings. The Balaban J connectivity index is 1.53. The van der Waals surface area contributed by atoms with Gasteiger partial charge in [-0.05, 0) is 53.6 Å². The van der Waals surface area contributed by atoms with E-state index in [1.807, 2.05) is 0 Å². The van der Waals surface area contributed by atoms with Crippen molar-refractivity contribution in [3.63, 3.8) is 0 Å². The van der Waals surface area contributed by atoms with E-state index in [0.29, 0.717) is 28.2 Å². The highest BCUT2D eigenvalue weighted by Gasteiger charge is 2.17. The fourth-order valence-electron chi connectivity index (χ4n) is 3.02. The molecule has 0 fully saturated rings. The molecule has 0 saturated carbocycles. The van der Waals surface area contributed by atoms with Crippen LogP contribution in [-0.2, 0) is 4.79 Å². The van der Waals surface area contributed by atoms with Gasteiger partial charge in [0.15, 0.2) is 11.5 Å². The Morgan fingerprint density at radius 3 is 2.38 bits per heavy atom. The minimum Gasteiger partial charge on any atom is -0.454 e. The van der Waals surface area contributed by atoms with Crippen molar-refractivity contribution in [2.45, 2.75) is 0 Å². The number of nitrogens with one attached hydrogen (secondary N) is 2. The van der Waals surface area contributed by atoms with Crippen LogP contribution in [0.25, 0.3) is 6.08 Å². The van der Waals surface area contributed by atoms with Crippen LogP contribution in [0.15, 0.2) is 83.6 Å². The minimum absolute atomic E-state index is 0.0476. The number of carbonyl (C=O) groups is 2. The maximum absolute atomic E-state index is 12.8. The predicted molar refractivity (Wildman–Crippen MR) is 123 cm³/mol. The highest BCUT2D eigenvalue weighted by molar-refractivity contribution is 6.05. The summed E-state index contributed by atoms with van der Waals surface area (Å²) in [6.07, 6.45) is 2.82. The molecule has 1 aliphatic rings. The molecule has 2 amide bonds. The Labute approximate surface area is 193 Å². The zero-order valence-corrected chi connectivity index (χ0v) is 17.6. The van der Waals surface area contributed by atoms with E-state index in [9.17, 15) is 19.7 Å². The number of hydrogen-bond donors (Lipinski definition) is 2. The van der Waals surface area contributed by atoms with Crippen LogP contribution in [0.2, 0.25) is 0 Å². The van der Waals surface area contributed by atoms with Crippen LogP contribution in [0.3, 0.4) is 0 Å². The number of ether oxygens (including phenoxy) is 2. The Morgan fingerprint density at radius 1 is 0.941 bits per heavy atom. The van der Waals surface area contributed by atoms with E-state index in [4.69, 9.17) is 9.47 Å². The van der Waals surface area contributed by atoms with Gasteiger partial charge in [-0.2, -0.15) is 5.10 Å². The van der Waals surface area contributed by atoms with Crippen LogP contribution < -0.4 is 20.2 Å². The molecule has 0 radical (unpaired) electrons. The van der Waals surface area contributed by atoms with Crippen LogP contribution in [0.1, 0.15) is 21.5 Å². The number of benzene rings is 3. The summed E-state index contributed by atoms with van der Waals surface area (Å²) in [7, 11) is 0. The summed E-state index contributed by atoms with van der Waals surface area (Å²) in [4.78, 5) is 35.7. The summed E-state index contributed by atoms with van der Waals surface area (Å²) in [5.74, 6) is -0.0227. The molecule has 1 heterocycles. The van der Waals surface area contributed by atoms with Gasteiger partial charge in [0.25, 0.3) is 17.5 Å². The molecule has 0 saturated heterocycles. The summed E-state index contributed by atoms with van der Waals surface area (Å²) in [5, 5.41) is 17.2. The lowest BCUT2D eigenvalue weighted by molar-refractivity contribution is -0.384. The van der Waals surface area contributed by atoms with E-state index in [1.165, 1.54) is 36.6 Å². The number of non-ortho nitro benzene ring substituents is 1. The number of carbonyl (C=O) groups excluding carboxylic acids is 2. The second kappa shape index (κ2) is 10.1. The van der Waals surface area contributed by atoms with E-state index < -0.39 is 16.7 Å². The van der Waals surface area contributed by atoms with Crippen LogP contribution in [0.4, 0.5) is 5.69 Å². The van der Waals surface area contributed by atoms with Crippen molar-refractivity contribution in [3.05, 3.63) is 105 Å². The second-order valence-electron chi connectivity index (χ2n) is 7.04. The largest absolute Gasteiger partial charge is 0.454 e. The molecule has 170 valence electrons. The molecule has 3 aromatic carbocycles. The van der Waals surface area contributed by atoms with Crippen LogP contribution in [-0.4, -0.2) is 29.7 Å². The van der Waals surface area contributed by atoms with E-state index in [1.54, 1.807) is 48.5 Å². The smallest absolute Gasteiger partial charge is 0.287 e. The van der Waals surface area contributed by atoms with Crippen molar-refractivity contribution in [2.75, 3.05) is 6.79 Å². The van der Waals surface area contributed by atoms with E-state index in [2.05, 4.69) is 15.8 Å². The Kier molecular flexibility index (Phi) is 6.59. The average molecular weight is 458 g/mol. The number of rotatable bonds is 7. The number of fused-ring (bicyclic) bond motifs is 1. The predicted octanol–water partition coefficient (Wildman–Crippen LogP) is 3.24. The highest BCUT2D eigenvalue weighted by Crippen LogP contribution is 2.33. The van der Waals surface area contributed by atoms with Gasteiger partial charge in [-0.3, -0.25) is 19.7 Å². The molecular weight excluding hydrogens is 440 g/mol. The molecule has 0 bridgehead atoms. The molecule has 4 rings (SSSR count). The van der Waals surface area contributed by atoms with Gasteiger partial charge >= 0.3 is 0 Å². The van der Waals surface area contributed by atoms with Gasteiger partial charge in [-0.1, -0.05) is 24.3 Å². The van der Waals surface area contributed by atoms with Crippen molar-refractivity contribution in [1.29, 1.82) is 0 Å². The van der Waals surface area contributed by atoms with Gasteiger partial charge in [0.2, 0.25) is 6.79 Å². The molecule has 10 nitrogen and oxygen atoms in total. The first-order valence-corrected chi connectivity index (χ1v) is 10.1. The lowest BCUT2D eigenvalue weighted by Gasteiger charge is -2.09. The number of nitro groups is 1. The second-order valence-corrected chi connectivity index (χ2v) is 7.04. The molecule has 0 aliphatic carbocycles. The Hall–Kier alpha value is -4.99. The van der Waals surface area contributed by atoms with Gasteiger partial charge in [-0.25, -0.2) is 5.43 Å². The summed E-state index contributed by atoms with van der Waals surface area (Å²) in [6.45, 7) is 0.109. The topological polar surface area (TPSA) is 132 Å². The van der Waals surface area contributed by atoms with E-state index in [-0.39, 0.29) is 18.2 Å². The van der Waals surface area contributed by atoms with Crippen molar-refractivity contribution >= 4 is 29.8 Å². The van der Waals surface area contributed by atoms with Gasteiger partial charge < -0.3 is 14.8 Å². The van der Waals surface area contributed by atoms with Gasteiger partial charge in [-0.15, -0.1) is 0 Å². The van der Waals surface area contributed by atoms with Gasteiger partial charge in [0.05, 0.1) is 11.1 Å². The molecular formula is C24H18N4O6. The summed E-state index contributed by atoms with van der Waals surface area (Å²) in [6, 6.07) is 19.2. The fourth-order valence-corrected chi connectivity index (χ4v) is 3.02. The standard InChI is InChI=1S/C24H18N4O6/c29-23(18-4-2-1-3-5-18)26-20(12-17-8-11-21-22(13-17)34-15-33-21)24(30)27-25-14-16-6-9-19(10-7-16)28(31)32/h1-14H,15H2,(H,26,29)(H,27,30)/b20-12-,25-14-. The first kappa shape index (κ1) is 22.2. The molecule has 34 heavy (non-hydrogen) atoms. The Bertz CT molecular complexity index is 1290. The number of nitrogens with zero attached hydrogens (tertiary/aromatic N) is 2. The van der Waals surface area contributed by atoms with Gasteiger partial charge in [0, 0.05) is 17.7 Å². The van der Waals surface area contributed by atoms with Crippen molar-refractivity contribution < 1.29 is 24.0 Å². The zero-order valence-electron chi connectivity index (χ0n) is 17.6. The maximum Gasteiger partial charge on any atom is 0.287 e. The molecule has 0 spiro atoms. The monoisotopic (exact) mass is 458 g/mol. The lowest BCUT2D eigenvalue weighted by atomic mass is 10.1. The molecule has 0 atom stereocenters. The zero-order chi connectivity index (χ0) is 23.9. The molecule has 1 aliphatic heterocycles. The van der Waals surface area contributed by atoms with Crippen molar-refractivity contribution in [2.24, 2.45) is 5.10 Å². The third-order valence-electron chi connectivity index (χ3n) is 4.72. The number of hydrazone groups is 1. The SMILES string of the molecule is O=C(N/N=C\c1ccc([N+](=O)[O-])cc1)/C(=C/c1ccc2c(c1)OCO2)NC(=O)c1ccccc1. The Morgan fingerprint density at radius 2 is 1.65 bits per heavy atom. The van der Waals surface area contributed by atoms with E-state index >= 15 is 0 Å². The highest BCUT2D eigenvalue weighted by atomic mass is 16.7. The normalized spacial score (nSPS) is 12.4. The quantitative estimate of drug-likeness (QED) is 0.242. The van der Waals surface area contributed by atoms with E-state index in [0.717, 1.165) is 0 Å². The van der Waals surface area contributed by atoms with Gasteiger partial charge in [0.1, 0.15) is 5.70 Å².